The number of rotatable bonds is 4. The molecule has 1 aromatic carbocycles. The Bertz CT molecular complexity index is 553. The van der Waals surface area contributed by atoms with Gasteiger partial charge in [0.1, 0.15) is 11.5 Å². The lowest BCUT2D eigenvalue weighted by Crippen LogP contribution is -2.46. The Labute approximate surface area is 124 Å². The summed E-state index contributed by atoms with van der Waals surface area (Å²) in [6, 6.07) is 5.46. The molecule has 1 aliphatic heterocycles. The van der Waals surface area contributed by atoms with Gasteiger partial charge in [-0.05, 0) is 24.1 Å². The van der Waals surface area contributed by atoms with Crippen LogP contribution in [0.15, 0.2) is 18.2 Å². The van der Waals surface area contributed by atoms with E-state index in [1.165, 1.54) is 0 Å². The molecule has 0 radical (unpaired) electrons. The van der Waals surface area contributed by atoms with E-state index in [1.54, 1.807) is 20.3 Å². The van der Waals surface area contributed by atoms with Gasteiger partial charge in [-0.3, -0.25) is 14.9 Å². The molecular formula is C16H21NO4. The van der Waals surface area contributed by atoms with Gasteiger partial charge in [-0.15, -0.1) is 0 Å². The third kappa shape index (κ3) is 3.01. The van der Waals surface area contributed by atoms with Gasteiger partial charge in [-0.2, -0.15) is 0 Å². The van der Waals surface area contributed by atoms with Crippen LogP contribution in [0.25, 0.3) is 0 Å². The molecule has 1 aromatic rings. The first-order valence-corrected chi connectivity index (χ1v) is 7.03. The fraction of sp³-hybridized carbons (Fsp3) is 0.500. The molecule has 2 atom stereocenters. The summed E-state index contributed by atoms with van der Waals surface area (Å²) in [6.07, 6.45) is 0.276. The third-order valence-corrected chi connectivity index (χ3v) is 3.96. The number of ether oxygens (including phenoxy) is 2. The molecule has 1 N–H and O–H groups in total. The fourth-order valence-corrected chi connectivity index (χ4v) is 2.98. The minimum absolute atomic E-state index is 0.124. The van der Waals surface area contributed by atoms with Gasteiger partial charge in [-0.25, -0.2) is 0 Å². The van der Waals surface area contributed by atoms with Crippen LogP contribution in [0.1, 0.15) is 31.7 Å². The lowest BCUT2D eigenvalue weighted by molar-refractivity contribution is -0.138. The fourth-order valence-electron chi connectivity index (χ4n) is 2.98. The molecule has 21 heavy (non-hydrogen) atoms. The molecule has 5 nitrogen and oxygen atoms in total. The standard InChI is InChI=1S/C16H21NO4/c1-9(2)15-12(8-14(18)17-16(15)19)11-7-10(20-3)5-6-13(11)21-4/h5-7,9,12,15H,8H2,1-4H3,(H,17,18,19). The summed E-state index contributed by atoms with van der Waals surface area (Å²) in [5.41, 5.74) is 0.846. The topological polar surface area (TPSA) is 64.6 Å². The number of benzene rings is 1. The van der Waals surface area contributed by atoms with Crippen LogP contribution in [-0.4, -0.2) is 26.0 Å². The van der Waals surface area contributed by atoms with E-state index in [1.807, 2.05) is 26.0 Å². The van der Waals surface area contributed by atoms with Crippen LogP contribution in [0.3, 0.4) is 0 Å². The van der Waals surface area contributed by atoms with E-state index in [4.69, 9.17) is 9.47 Å². The van der Waals surface area contributed by atoms with Gasteiger partial charge < -0.3 is 9.47 Å². The average Bonchev–Trinajstić information content (AvgIpc) is 2.45. The van der Waals surface area contributed by atoms with Crippen LogP contribution in [0.4, 0.5) is 0 Å². The number of hydrogen-bond acceptors (Lipinski definition) is 4. The zero-order valence-corrected chi connectivity index (χ0v) is 12.8. The van der Waals surface area contributed by atoms with Gasteiger partial charge >= 0.3 is 0 Å². The Morgan fingerprint density at radius 1 is 1.19 bits per heavy atom. The Balaban J connectivity index is 2.49. The van der Waals surface area contributed by atoms with E-state index >= 15 is 0 Å². The second-order valence-electron chi connectivity index (χ2n) is 5.60. The van der Waals surface area contributed by atoms with Crippen molar-refractivity contribution in [2.75, 3.05) is 14.2 Å². The minimum Gasteiger partial charge on any atom is -0.497 e. The maximum Gasteiger partial charge on any atom is 0.230 e. The maximum absolute atomic E-state index is 12.2. The molecule has 1 saturated heterocycles. The van der Waals surface area contributed by atoms with E-state index in [0.717, 1.165) is 5.56 Å². The van der Waals surface area contributed by atoms with Gasteiger partial charge in [-0.1, -0.05) is 13.8 Å². The average molecular weight is 291 g/mol. The highest BCUT2D eigenvalue weighted by Gasteiger charge is 2.39. The molecule has 2 rings (SSSR count). The maximum atomic E-state index is 12.2. The molecule has 0 aliphatic carbocycles. The number of nitrogens with one attached hydrogen (secondary N) is 1. The molecule has 1 fully saturated rings. The van der Waals surface area contributed by atoms with E-state index in [2.05, 4.69) is 5.32 Å². The van der Waals surface area contributed by atoms with Crippen LogP contribution >= 0.6 is 0 Å². The number of methoxy groups -OCH3 is 2. The predicted molar refractivity (Wildman–Crippen MR) is 78.4 cm³/mol. The van der Waals surface area contributed by atoms with Gasteiger partial charge in [0.15, 0.2) is 0 Å². The molecule has 1 aliphatic rings. The van der Waals surface area contributed by atoms with Crippen LogP contribution in [-0.2, 0) is 9.59 Å². The smallest absolute Gasteiger partial charge is 0.230 e. The molecule has 0 bridgehead atoms. The Morgan fingerprint density at radius 2 is 1.90 bits per heavy atom. The highest BCUT2D eigenvalue weighted by Crippen LogP contribution is 2.41. The summed E-state index contributed by atoms with van der Waals surface area (Å²) in [5, 5.41) is 2.43. The van der Waals surface area contributed by atoms with E-state index < -0.39 is 0 Å². The lowest BCUT2D eigenvalue weighted by atomic mass is 9.74. The number of carbonyl (C=O) groups is 2. The zero-order chi connectivity index (χ0) is 15.6. The first kappa shape index (κ1) is 15.4. The number of carbonyl (C=O) groups excluding carboxylic acids is 2. The Morgan fingerprint density at radius 3 is 2.48 bits per heavy atom. The number of hydrogen-bond donors (Lipinski definition) is 1. The quantitative estimate of drug-likeness (QED) is 0.863. The number of piperidine rings is 1. The second kappa shape index (κ2) is 6.16. The minimum atomic E-state index is -0.260. The normalized spacial score (nSPS) is 22.1. The SMILES string of the molecule is COc1ccc(OC)c(C2CC(=O)NC(=O)C2C(C)C)c1. The van der Waals surface area contributed by atoms with Crippen molar-refractivity contribution in [3.05, 3.63) is 23.8 Å². The third-order valence-electron chi connectivity index (χ3n) is 3.96. The van der Waals surface area contributed by atoms with E-state index in [0.29, 0.717) is 11.5 Å². The van der Waals surface area contributed by atoms with Crippen LogP contribution < -0.4 is 14.8 Å². The summed E-state index contributed by atoms with van der Waals surface area (Å²) < 4.78 is 10.7. The molecule has 2 amide bonds. The van der Waals surface area contributed by atoms with E-state index in [9.17, 15) is 9.59 Å². The number of amides is 2. The molecule has 114 valence electrons. The molecule has 0 spiro atoms. The molecule has 1 heterocycles. The van der Waals surface area contributed by atoms with Crippen LogP contribution in [0.5, 0.6) is 11.5 Å². The van der Waals surface area contributed by atoms with Crippen molar-refractivity contribution in [3.8, 4) is 11.5 Å². The van der Waals surface area contributed by atoms with Crippen molar-refractivity contribution in [2.24, 2.45) is 11.8 Å². The zero-order valence-electron chi connectivity index (χ0n) is 12.8. The van der Waals surface area contributed by atoms with Crippen molar-refractivity contribution in [2.45, 2.75) is 26.2 Å². The molecular weight excluding hydrogens is 270 g/mol. The summed E-state index contributed by atoms with van der Waals surface area (Å²) in [4.78, 5) is 24.0. The van der Waals surface area contributed by atoms with Gasteiger partial charge in [0.2, 0.25) is 11.8 Å². The molecule has 5 heteroatoms. The van der Waals surface area contributed by atoms with Crippen LogP contribution in [0.2, 0.25) is 0 Å². The highest BCUT2D eigenvalue weighted by atomic mass is 16.5. The highest BCUT2D eigenvalue weighted by molar-refractivity contribution is 6.00. The largest absolute Gasteiger partial charge is 0.497 e. The van der Waals surface area contributed by atoms with Crippen molar-refractivity contribution in [1.29, 1.82) is 0 Å². The summed E-state index contributed by atoms with van der Waals surface area (Å²) >= 11 is 0. The van der Waals surface area contributed by atoms with Crippen molar-refractivity contribution in [1.82, 2.24) is 5.32 Å². The Hall–Kier alpha value is -2.04. The summed E-state index contributed by atoms with van der Waals surface area (Å²) in [6.45, 7) is 3.97. The van der Waals surface area contributed by atoms with E-state index in [-0.39, 0.29) is 36.0 Å². The first-order chi connectivity index (χ1) is 9.97. The first-order valence-electron chi connectivity index (χ1n) is 7.03. The van der Waals surface area contributed by atoms with Gasteiger partial charge in [0.25, 0.3) is 0 Å². The number of imide groups is 1. The summed E-state index contributed by atoms with van der Waals surface area (Å²) in [7, 11) is 3.17. The van der Waals surface area contributed by atoms with Crippen LogP contribution in [0, 0.1) is 11.8 Å². The van der Waals surface area contributed by atoms with Crippen molar-refractivity contribution in [3.63, 3.8) is 0 Å². The van der Waals surface area contributed by atoms with Crippen molar-refractivity contribution < 1.29 is 19.1 Å². The second-order valence-corrected chi connectivity index (χ2v) is 5.60. The monoisotopic (exact) mass is 291 g/mol. The summed E-state index contributed by atoms with van der Waals surface area (Å²) in [5.74, 6) is 0.572. The molecule has 0 aromatic heterocycles. The predicted octanol–water partition coefficient (Wildman–Crippen LogP) is 2.11. The van der Waals surface area contributed by atoms with Gasteiger partial charge in [0.05, 0.1) is 14.2 Å². The van der Waals surface area contributed by atoms with Crippen molar-refractivity contribution >= 4 is 11.8 Å². The van der Waals surface area contributed by atoms with Gasteiger partial charge in [0, 0.05) is 23.8 Å². The lowest BCUT2D eigenvalue weighted by Gasteiger charge is -2.33. The Kier molecular flexibility index (Phi) is 4.50. The molecule has 2 unspecified atom stereocenters. The molecule has 0 saturated carbocycles.